The Labute approximate surface area is 195 Å². The van der Waals surface area contributed by atoms with Gasteiger partial charge >= 0.3 is 6.09 Å². The molecular formula is C21H30IN5O3. The van der Waals surface area contributed by atoms with E-state index in [-0.39, 0.29) is 42.5 Å². The molecule has 0 aliphatic carbocycles. The van der Waals surface area contributed by atoms with Gasteiger partial charge in [-0.1, -0.05) is 12.0 Å². The fourth-order valence-electron chi connectivity index (χ4n) is 2.93. The van der Waals surface area contributed by atoms with Crippen LogP contribution in [0.4, 0.5) is 10.5 Å². The van der Waals surface area contributed by atoms with Crippen LogP contribution in [-0.2, 0) is 9.53 Å². The molecule has 1 saturated heterocycles. The Hall–Kier alpha value is -2.48. The number of hydrogen-bond donors (Lipinski definition) is 3. The molecule has 0 aromatic heterocycles. The molecule has 1 aromatic rings. The number of amides is 2. The topological polar surface area (TPSA) is 95.1 Å². The van der Waals surface area contributed by atoms with Crippen LogP contribution < -0.4 is 16.0 Å². The number of ether oxygens (including phenoxy) is 1. The number of anilines is 1. The van der Waals surface area contributed by atoms with Gasteiger partial charge in [-0.15, -0.1) is 30.4 Å². The van der Waals surface area contributed by atoms with Gasteiger partial charge in [-0.2, -0.15) is 0 Å². The number of carbonyl (C=O) groups is 2. The second-order valence-corrected chi connectivity index (χ2v) is 7.75. The van der Waals surface area contributed by atoms with E-state index in [4.69, 9.17) is 11.2 Å². The zero-order valence-corrected chi connectivity index (χ0v) is 20.2. The lowest BCUT2D eigenvalue weighted by Crippen LogP contribution is -2.45. The molecule has 1 aromatic carbocycles. The summed E-state index contributed by atoms with van der Waals surface area (Å²) in [6.45, 7) is 6.84. The van der Waals surface area contributed by atoms with Gasteiger partial charge < -0.3 is 25.6 Å². The van der Waals surface area contributed by atoms with E-state index >= 15 is 0 Å². The van der Waals surface area contributed by atoms with Gasteiger partial charge in [0.2, 0.25) is 5.91 Å². The van der Waals surface area contributed by atoms with Crippen molar-refractivity contribution >= 4 is 47.6 Å². The van der Waals surface area contributed by atoms with E-state index in [0.29, 0.717) is 30.3 Å². The lowest BCUT2D eigenvalue weighted by Gasteiger charge is -2.23. The van der Waals surface area contributed by atoms with Gasteiger partial charge in [0, 0.05) is 31.4 Å². The van der Waals surface area contributed by atoms with Crippen molar-refractivity contribution in [3.05, 3.63) is 29.8 Å². The highest BCUT2D eigenvalue weighted by Crippen LogP contribution is 2.12. The Morgan fingerprint density at radius 3 is 2.73 bits per heavy atom. The molecule has 0 radical (unpaired) electrons. The smallest absolute Gasteiger partial charge is 0.407 e. The molecule has 30 heavy (non-hydrogen) atoms. The molecule has 1 heterocycles. The van der Waals surface area contributed by atoms with Crippen molar-refractivity contribution in [2.75, 3.05) is 32.0 Å². The average Bonchev–Trinajstić information content (AvgIpc) is 3.08. The molecule has 1 aliphatic rings. The van der Waals surface area contributed by atoms with Crippen molar-refractivity contribution in [1.29, 1.82) is 0 Å². The summed E-state index contributed by atoms with van der Waals surface area (Å²) in [6.07, 6.45) is 5.72. The van der Waals surface area contributed by atoms with E-state index in [1.165, 1.54) is 0 Å². The van der Waals surface area contributed by atoms with Crippen molar-refractivity contribution in [1.82, 2.24) is 15.5 Å². The summed E-state index contributed by atoms with van der Waals surface area (Å²) in [5.41, 5.74) is 0.810. The first-order valence-corrected chi connectivity index (χ1v) is 9.52. The van der Waals surface area contributed by atoms with Crippen molar-refractivity contribution in [2.24, 2.45) is 4.99 Å². The number of benzene rings is 1. The predicted octanol–water partition coefficient (Wildman–Crippen LogP) is 2.40. The first-order chi connectivity index (χ1) is 13.7. The summed E-state index contributed by atoms with van der Waals surface area (Å²) in [7, 11) is 1.66. The molecule has 0 spiro atoms. The maximum Gasteiger partial charge on any atom is 0.407 e. The van der Waals surface area contributed by atoms with Crippen LogP contribution in [0.25, 0.3) is 0 Å². The summed E-state index contributed by atoms with van der Waals surface area (Å²) in [5, 5.41) is 8.72. The zero-order chi connectivity index (χ0) is 21.4. The number of hydrogen-bond acceptors (Lipinski definition) is 4. The average molecular weight is 527 g/mol. The maximum atomic E-state index is 12.2. The molecule has 1 aliphatic heterocycles. The number of rotatable bonds is 4. The molecule has 1 atom stereocenters. The number of nitrogens with zero attached hydrogens (tertiary/aromatic N) is 2. The van der Waals surface area contributed by atoms with Crippen LogP contribution >= 0.6 is 24.0 Å². The third-order valence-electron chi connectivity index (χ3n) is 4.14. The van der Waals surface area contributed by atoms with Crippen LogP contribution in [0.1, 0.15) is 32.8 Å². The van der Waals surface area contributed by atoms with E-state index in [2.05, 4.69) is 26.9 Å². The predicted molar refractivity (Wildman–Crippen MR) is 129 cm³/mol. The fraction of sp³-hybridized carbons (Fsp3) is 0.476. The third kappa shape index (κ3) is 8.49. The number of carbonyl (C=O) groups excluding carboxylic acids is 2. The molecule has 9 heteroatoms. The zero-order valence-electron chi connectivity index (χ0n) is 17.8. The molecule has 1 unspecified atom stereocenters. The second kappa shape index (κ2) is 11.6. The summed E-state index contributed by atoms with van der Waals surface area (Å²) in [6, 6.07) is 7.06. The summed E-state index contributed by atoms with van der Waals surface area (Å²) in [5.74, 6) is 2.93. The van der Waals surface area contributed by atoms with Gasteiger partial charge in [0.05, 0.1) is 12.6 Å². The molecule has 0 saturated carbocycles. The minimum atomic E-state index is -0.535. The van der Waals surface area contributed by atoms with Gasteiger partial charge in [0.25, 0.3) is 0 Å². The highest BCUT2D eigenvalue weighted by Gasteiger charge is 2.28. The lowest BCUT2D eigenvalue weighted by molar-refractivity contribution is -0.115. The molecular weight excluding hydrogens is 497 g/mol. The van der Waals surface area contributed by atoms with Crippen LogP contribution in [0.2, 0.25) is 0 Å². The van der Waals surface area contributed by atoms with Gasteiger partial charge in [0.1, 0.15) is 5.60 Å². The first kappa shape index (κ1) is 25.6. The Morgan fingerprint density at radius 2 is 2.10 bits per heavy atom. The van der Waals surface area contributed by atoms with E-state index in [9.17, 15) is 9.59 Å². The Kier molecular flexibility index (Phi) is 9.92. The van der Waals surface area contributed by atoms with E-state index in [1.807, 2.05) is 25.7 Å². The van der Waals surface area contributed by atoms with Crippen LogP contribution in [-0.4, -0.2) is 61.2 Å². The number of alkyl carbamates (subject to hydrolysis) is 1. The highest BCUT2D eigenvalue weighted by molar-refractivity contribution is 14.0. The normalized spacial score (nSPS) is 16.2. The second-order valence-electron chi connectivity index (χ2n) is 7.75. The summed E-state index contributed by atoms with van der Waals surface area (Å²) < 4.78 is 5.29. The van der Waals surface area contributed by atoms with Gasteiger partial charge in [0.15, 0.2) is 5.96 Å². The summed E-state index contributed by atoms with van der Waals surface area (Å²) >= 11 is 0. The molecule has 1 fully saturated rings. The standard InChI is InChI=1S/C21H29N5O3.HI/c1-6-15-8-7-9-16(12-15)24-18(27)13-23-19(22-5)26-11-10-17(14-26)25-20(28)29-21(2,3)4;/h1,7-9,12,17H,10-11,13-14H2,2-5H3,(H,22,23)(H,24,27)(H,25,28);1H. The number of nitrogens with one attached hydrogen (secondary N) is 3. The van der Waals surface area contributed by atoms with Crippen LogP contribution in [0.5, 0.6) is 0 Å². The molecule has 3 N–H and O–H groups in total. The van der Waals surface area contributed by atoms with Crippen LogP contribution in [0, 0.1) is 12.3 Å². The van der Waals surface area contributed by atoms with Crippen molar-refractivity contribution in [2.45, 2.75) is 38.8 Å². The SMILES string of the molecule is C#Cc1cccc(NC(=O)CNC(=NC)N2CCC(NC(=O)OC(C)(C)C)C2)c1.I. The van der Waals surface area contributed by atoms with Crippen molar-refractivity contribution < 1.29 is 14.3 Å². The van der Waals surface area contributed by atoms with Crippen LogP contribution in [0.15, 0.2) is 29.3 Å². The highest BCUT2D eigenvalue weighted by atomic mass is 127. The monoisotopic (exact) mass is 527 g/mol. The van der Waals surface area contributed by atoms with E-state index in [0.717, 1.165) is 6.42 Å². The van der Waals surface area contributed by atoms with Gasteiger partial charge in [-0.3, -0.25) is 9.79 Å². The molecule has 8 nitrogen and oxygen atoms in total. The number of halogens is 1. The minimum absolute atomic E-state index is 0. The quantitative estimate of drug-likeness (QED) is 0.242. The minimum Gasteiger partial charge on any atom is -0.444 e. The summed E-state index contributed by atoms with van der Waals surface area (Å²) in [4.78, 5) is 30.4. The third-order valence-corrected chi connectivity index (χ3v) is 4.14. The van der Waals surface area contributed by atoms with Crippen LogP contribution in [0.3, 0.4) is 0 Å². The number of terminal acetylenes is 1. The van der Waals surface area contributed by atoms with Crippen molar-refractivity contribution in [3.8, 4) is 12.3 Å². The number of guanidine groups is 1. The first-order valence-electron chi connectivity index (χ1n) is 9.52. The Morgan fingerprint density at radius 1 is 1.37 bits per heavy atom. The Bertz CT molecular complexity index is 814. The largest absolute Gasteiger partial charge is 0.444 e. The number of aliphatic imine (C=N–C) groups is 1. The maximum absolute atomic E-state index is 12.2. The lowest BCUT2D eigenvalue weighted by atomic mass is 10.2. The van der Waals surface area contributed by atoms with Gasteiger partial charge in [-0.25, -0.2) is 4.79 Å². The Balaban J connectivity index is 0.00000450. The fourth-order valence-corrected chi connectivity index (χ4v) is 2.93. The van der Waals surface area contributed by atoms with Crippen molar-refractivity contribution in [3.63, 3.8) is 0 Å². The molecule has 2 rings (SSSR count). The van der Waals surface area contributed by atoms with E-state index < -0.39 is 11.7 Å². The molecule has 164 valence electrons. The van der Waals surface area contributed by atoms with E-state index in [1.54, 1.807) is 31.3 Å². The van der Waals surface area contributed by atoms with Gasteiger partial charge in [-0.05, 0) is 45.4 Å². The molecule has 2 amide bonds. The molecule has 0 bridgehead atoms. The number of likely N-dealkylation sites (tertiary alicyclic amines) is 1.